The Morgan fingerprint density at radius 3 is 2.78 bits per heavy atom. The van der Waals surface area contributed by atoms with Gasteiger partial charge in [0.25, 0.3) is 5.91 Å². The van der Waals surface area contributed by atoms with Crippen LogP contribution in [0.15, 0.2) is 42.7 Å². The Balaban J connectivity index is 1.79. The molecule has 0 spiro atoms. The van der Waals surface area contributed by atoms with Gasteiger partial charge in [0.2, 0.25) is 0 Å². The van der Waals surface area contributed by atoms with Gasteiger partial charge < -0.3 is 14.4 Å². The first-order valence-corrected chi connectivity index (χ1v) is 9.29. The van der Waals surface area contributed by atoms with Gasteiger partial charge in [-0.3, -0.25) is 15.1 Å². The summed E-state index contributed by atoms with van der Waals surface area (Å²) in [6.07, 6.45) is 6.75. The molecule has 1 aliphatic heterocycles. The van der Waals surface area contributed by atoms with Crippen LogP contribution in [0.2, 0.25) is 0 Å². The third-order valence-electron chi connectivity index (χ3n) is 4.70. The predicted molar refractivity (Wildman–Crippen MR) is 107 cm³/mol. The number of hydrogen-bond acceptors (Lipinski definition) is 5. The van der Waals surface area contributed by atoms with E-state index in [4.69, 9.17) is 21.7 Å². The van der Waals surface area contributed by atoms with Crippen molar-refractivity contribution in [2.45, 2.75) is 25.3 Å². The number of para-hydroxylation sites is 1. The maximum atomic E-state index is 12.8. The summed E-state index contributed by atoms with van der Waals surface area (Å²) in [6.45, 7) is 0.800. The Kier molecular flexibility index (Phi) is 6.24. The second-order valence-electron chi connectivity index (χ2n) is 6.29. The lowest BCUT2D eigenvalue weighted by Crippen LogP contribution is -2.46. The highest BCUT2D eigenvalue weighted by Crippen LogP contribution is 2.32. The van der Waals surface area contributed by atoms with Crippen molar-refractivity contribution in [3.8, 4) is 11.5 Å². The van der Waals surface area contributed by atoms with Crippen LogP contribution < -0.4 is 14.8 Å². The molecule has 0 bridgehead atoms. The molecule has 1 atom stereocenters. The van der Waals surface area contributed by atoms with Crippen molar-refractivity contribution in [3.63, 3.8) is 0 Å². The van der Waals surface area contributed by atoms with Crippen LogP contribution in [-0.2, 0) is 0 Å². The van der Waals surface area contributed by atoms with E-state index in [1.165, 1.54) is 14.2 Å². The number of amides is 1. The SMILES string of the molecule is COc1cccc(C(=O)NC(=S)N2CCCCC2c2cccnc2)c1OC. The van der Waals surface area contributed by atoms with E-state index >= 15 is 0 Å². The van der Waals surface area contributed by atoms with Crippen molar-refractivity contribution in [2.24, 2.45) is 0 Å². The summed E-state index contributed by atoms with van der Waals surface area (Å²) in [6, 6.07) is 9.27. The Hall–Kier alpha value is -2.67. The quantitative estimate of drug-likeness (QED) is 0.815. The van der Waals surface area contributed by atoms with Gasteiger partial charge in [-0.2, -0.15) is 0 Å². The minimum Gasteiger partial charge on any atom is -0.493 e. The van der Waals surface area contributed by atoms with Crippen LogP contribution in [0.1, 0.15) is 41.2 Å². The Morgan fingerprint density at radius 1 is 1.22 bits per heavy atom. The summed E-state index contributed by atoms with van der Waals surface area (Å²) in [5.41, 5.74) is 1.49. The van der Waals surface area contributed by atoms with E-state index in [-0.39, 0.29) is 11.9 Å². The number of piperidine rings is 1. The van der Waals surface area contributed by atoms with Gasteiger partial charge in [0.15, 0.2) is 16.6 Å². The molecule has 6 nitrogen and oxygen atoms in total. The molecule has 1 saturated heterocycles. The van der Waals surface area contributed by atoms with E-state index in [1.54, 1.807) is 24.4 Å². The molecule has 1 amide bonds. The largest absolute Gasteiger partial charge is 0.493 e. The lowest BCUT2D eigenvalue weighted by molar-refractivity contribution is 0.0966. The average molecular weight is 385 g/mol. The maximum Gasteiger partial charge on any atom is 0.261 e. The number of likely N-dealkylation sites (tertiary alicyclic amines) is 1. The number of benzene rings is 1. The highest BCUT2D eigenvalue weighted by Gasteiger charge is 2.27. The monoisotopic (exact) mass is 385 g/mol. The summed E-state index contributed by atoms with van der Waals surface area (Å²) >= 11 is 5.57. The normalized spacial score (nSPS) is 16.5. The van der Waals surface area contributed by atoms with Gasteiger partial charge in [0, 0.05) is 18.9 Å². The van der Waals surface area contributed by atoms with E-state index in [0.717, 1.165) is 31.4 Å². The maximum absolute atomic E-state index is 12.8. The topological polar surface area (TPSA) is 63.7 Å². The average Bonchev–Trinajstić information content (AvgIpc) is 2.73. The summed E-state index contributed by atoms with van der Waals surface area (Å²) in [4.78, 5) is 19.1. The van der Waals surface area contributed by atoms with Crippen LogP contribution in [-0.4, -0.2) is 41.7 Å². The van der Waals surface area contributed by atoms with Crippen LogP contribution in [0, 0.1) is 0 Å². The summed E-state index contributed by atoms with van der Waals surface area (Å²) in [5, 5.41) is 3.27. The van der Waals surface area contributed by atoms with Crippen molar-refractivity contribution in [2.75, 3.05) is 20.8 Å². The number of thiocarbonyl (C=S) groups is 1. The first kappa shape index (κ1) is 19.1. The number of methoxy groups -OCH3 is 2. The molecule has 0 radical (unpaired) electrons. The number of rotatable bonds is 4. The first-order valence-electron chi connectivity index (χ1n) is 8.88. The molecular formula is C20H23N3O3S. The lowest BCUT2D eigenvalue weighted by Gasteiger charge is -2.37. The van der Waals surface area contributed by atoms with Crippen molar-refractivity contribution in [1.29, 1.82) is 0 Å². The molecule has 2 heterocycles. The number of carbonyl (C=O) groups is 1. The van der Waals surface area contributed by atoms with E-state index in [0.29, 0.717) is 22.2 Å². The molecule has 2 aromatic rings. The molecule has 0 aliphatic carbocycles. The first-order chi connectivity index (χ1) is 13.2. The van der Waals surface area contributed by atoms with E-state index in [1.807, 2.05) is 18.3 Å². The highest BCUT2D eigenvalue weighted by atomic mass is 32.1. The molecule has 3 rings (SSSR count). The van der Waals surface area contributed by atoms with Gasteiger partial charge in [-0.1, -0.05) is 12.1 Å². The molecule has 1 N–H and O–H groups in total. The molecule has 1 unspecified atom stereocenters. The van der Waals surface area contributed by atoms with Gasteiger partial charge in [0.05, 0.1) is 25.8 Å². The standard InChI is InChI=1S/C20H23N3O3S/c1-25-17-10-5-8-15(18(17)26-2)19(24)22-20(27)23-12-4-3-9-16(23)14-7-6-11-21-13-14/h5-8,10-11,13,16H,3-4,9,12H2,1-2H3,(H,22,24,27). The number of ether oxygens (including phenoxy) is 2. The third-order valence-corrected chi connectivity index (χ3v) is 5.04. The number of pyridine rings is 1. The van der Waals surface area contributed by atoms with Gasteiger partial charge >= 0.3 is 0 Å². The summed E-state index contributed by atoms with van der Waals surface area (Å²) in [5.74, 6) is 0.580. The van der Waals surface area contributed by atoms with Crippen LogP contribution in [0.5, 0.6) is 11.5 Å². The van der Waals surface area contributed by atoms with E-state index in [2.05, 4.69) is 15.2 Å². The van der Waals surface area contributed by atoms with Crippen LogP contribution in [0.25, 0.3) is 0 Å². The van der Waals surface area contributed by atoms with Crippen LogP contribution in [0.4, 0.5) is 0 Å². The highest BCUT2D eigenvalue weighted by molar-refractivity contribution is 7.80. The molecule has 1 aliphatic rings. The van der Waals surface area contributed by atoms with E-state index < -0.39 is 0 Å². The molecule has 1 fully saturated rings. The molecule has 7 heteroatoms. The number of nitrogens with one attached hydrogen (secondary N) is 1. The second kappa shape index (κ2) is 8.81. The van der Waals surface area contributed by atoms with Gasteiger partial charge in [0.1, 0.15) is 0 Å². The number of aromatic nitrogens is 1. The van der Waals surface area contributed by atoms with E-state index in [9.17, 15) is 4.79 Å². The van der Waals surface area contributed by atoms with Crippen molar-refractivity contribution < 1.29 is 14.3 Å². The summed E-state index contributed by atoms with van der Waals surface area (Å²) < 4.78 is 10.6. The fraction of sp³-hybridized carbons (Fsp3) is 0.350. The Labute approximate surface area is 164 Å². The molecular weight excluding hydrogens is 362 g/mol. The fourth-order valence-electron chi connectivity index (χ4n) is 3.40. The number of nitrogens with zero attached hydrogens (tertiary/aromatic N) is 2. The van der Waals surface area contributed by atoms with Gasteiger partial charge in [-0.25, -0.2) is 0 Å². The van der Waals surface area contributed by atoms with Crippen molar-refractivity contribution >= 4 is 23.2 Å². The predicted octanol–water partition coefficient (Wildman–Crippen LogP) is 3.34. The molecule has 142 valence electrons. The molecule has 1 aromatic carbocycles. The Morgan fingerprint density at radius 2 is 2.07 bits per heavy atom. The third kappa shape index (κ3) is 4.19. The smallest absolute Gasteiger partial charge is 0.261 e. The minimum absolute atomic E-state index is 0.118. The number of carbonyl (C=O) groups excluding carboxylic acids is 1. The lowest BCUT2D eigenvalue weighted by atomic mass is 9.97. The Bertz CT molecular complexity index is 813. The van der Waals surface area contributed by atoms with Crippen LogP contribution >= 0.6 is 12.2 Å². The molecule has 1 aromatic heterocycles. The molecule has 27 heavy (non-hydrogen) atoms. The zero-order valence-corrected chi connectivity index (χ0v) is 16.3. The van der Waals surface area contributed by atoms with Crippen molar-refractivity contribution in [3.05, 3.63) is 53.9 Å². The number of hydrogen-bond donors (Lipinski definition) is 1. The van der Waals surface area contributed by atoms with Gasteiger partial charge in [-0.15, -0.1) is 0 Å². The molecule has 0 saturated carbocycles. The second-order valence-corrected chi connectivity index (χ2v) is 6.68. The van der Waals surface area contributed by atoms with Gasteiger partial charge in [-0.05, 0) is 55.2 Å². The van der Waals surface area contributed by atoms with Crippen molar-refractivity contribution in [1.82, 2.24) is 15.2 Å². The minimum atomic E-state index is -0.314. The van der Waals surface area contributed by atoms with Crippen LogP contribution in [0.3, 0.4) is 0 Å². The zero-order chi connectivity index (χ0) is 19.2. The fourth-order valence-corrected chi connectivity index (χ4v) is 3.71. The summed E-state index contributed by atoms with van der Waals surface area (Å²) in [7, 11) is 3.05. The zero-order valence-electron chi connectivity index (χ0n) is 15.5.